The van der Waals surface area contributed by atoms with Crippen LogP contribution in [0.2, 0.25) is 0 Å². The van der Waals surface area contributed by atoms with E-state index in [1.54, 1.807) is 12.4 Å². The smallest absolute Gasteiger partial charge is 0.230 e. The number of hydrazine groups is 1. The van der Waals surface area contributed by atoms with E-state index in [4.69, 9.17) is 0 Å². The lowest BCUT2D eigenvalue weighted by molar-refractivity contribution is -0.132. The molecule has 2 aromatic rings. The Morgan fingerprint density at radius 3 is 2.48 bits per heavy atom. The van der Waals surface area contributed by atoms with Gasteiger partial charge in [0.1, 0.15) is 17.7 Å². The first-order valence-electron chi connectivity index (χ1n) is 11.7. The van der Waals surface area contributed by atoms with Crippen LogP contribution in [0.4, 0.5) is 0 Å². The molecule has 3 N–H and O–H groups in total. The molecule has 2 aliphatic carbocycles. The van der Waals surface area contributed by atoms with Crippen LogP contribution in [-0.4, -0.2) is 49.2 Å². The van der Waals surface area contributed by atoms with Crippen LogP contribution in [0.3, 0.4) is 0 Å². The zero-order valence-electron chi connectivity index (χ0n) is 18.4. The molecule has 4 fully saturated rings. The second kappa shape index (κ2) is 8.09. The molecule has 2 saturated heterocycles. The lowest BCUT2D eigenvalue weighted by Gasteiger charge is -2.47. The van der Waals surface area contributed by atoms with Crippen molar-refractivity contribution >= 4 is 5.91 Å². The number of nitrogens with zero attached hydrogens (tertiary/aromatic N) is 6. The number of nitrogens with one attached hydrogen (secondary N) is 3. The van der Waals surface area contributed by atoms with Gasteiger partial charge in [-0.3, -0.25) is 10.1 Å². The number of amides is 1. The van der Waals surface area contributed by atoms with E-state index >= 15 is 0 Å². The molecule has 0 radical (unpaired) electrons. The van der Waals surface area contributed by atoms with Crippen molar-refractivity contribution in [3.05, 3.63) is 48.1 Å². The van der Waals surface area contributed by atoms with E-state index in [1.165, 1.54) is 0 Å². The van der Waals surface area contributed by atoms with Gasteiger partial charge in [0.25, 0.3) is 0 Å². The van der Waals surface area contributed by atoms with Gasteiger partial charge in [-0.1, -0.05) is 0 Å². The Balaban J connectivity index is 1.23. The standard InChI is InChI=1S/C23H27N9O/c1-12(14-10-27-19(28-11-14)13-3-4-13)32-22-18(17(9-24)31-32)23(33)30-21(29-22)16-6-5-15(16)20-25-7-2-8-26-20/h2,7-8,10-13,15-18,21-22,29,31H,3-6H2,1H3,(H,30,33)/t12-,15-,16-,17?,18?,21?,22?/m0/s1. The summed E-state index contributed by atoms with van der Waals surface area (Å²) in [6.45, 7) is 2.05. The monoisotopic (exact) mass is 445 g/mol. The van der Waals surface area contributed by atoms with Crippen LogP contribution in [-0.2, 0) is 4.79 Å². The Morgan fingerprint density at radius 2 is 1.85 bits per heavy atom. The van der Waals surface area contributed by atoms with Gasteiger partial charge in [0.2, 0.25) is 5.91 Å². The summed E-state index contributed by atoms with van der Waals surface area (Å²) >= 11 is 0. The number of carbonyl (C=O) groups excluding carboxylic acids is 1. The summed E-state index contributed by atoms with van der Waals surface area (Å²) in [5.74, 6) is 2.03. The molecule has 2 aliphatic heterocycles. The van der Waals surface area contributed by atoms with Gasteiger partial charge in [-0.15, -0.1) is 0 Å². The maximum atomic E-state index is 13.1. The van der Waals surface area contributed by atoms with Crippen molar-refractivity contribution in [2.24, 2.45) is 11.8 Å². The Bertz CT molecular complexity index is 1070. The molecule has 1 amide bonds. The van der Waals surface area contributed by atoms with Gasteiger partial charge >= 0.3 is 0 Å². The third-order valence-electron chi connectivity index (χ3n) is 7.58. The van der Waals surface area contributed by atoms with Crippen LogP contribution in [0.5, 0.6) is 0 Å². The van der Waals surface area contributed by atoms with Crippen LogP contribution in [0.1, 0.15) is 67.7 Å². The van der Waals surface area contributed by atoms with Gasteiger partial charge < -0.3 is 5.32 Å². The van der Waals surface area contributed by atoms with E-state index in [9.17, 15) is 10.1 Å². The summed E-state index contributed by atoms with van der Waals surface area (Å²) in [5, 5.41) is 18.5. The van der Waals surface area contributed by atoms with Crippen molar-refractivity contribution in [1.29, 1.82) is 5.26 Å². The lowest BCUT2D eigenvalue weighted by atomic mass is 9.70. The number of hydrogen-bond donors (Lipinski definition) is 3. The summed E-state index contributed by atoms with van der Waals surface area (Å²) in [7, 11) is 0. The Labute approximate surface area is 192 Å². The van der Waals surface area contributed by atoms with Gasteiger partial charge in [-0.25, -0.2) is 30.4 Å². The molecule has 4 heterocycles. The molecule has 0 bridgehead atoms. The molecule has 4 aliphatic rings. The van der Waals surface area contributed by atoms with Gasteiger partial charge in [0, 0.05) is 48.1 Å². The zero-order chi connectivity index (χ0) is 22.5. The first kappa shape index (κ1) is 20.6. The highest BCUT2D eigenvalue weighted by atomic mass is 16.2. The van der Waals surface area contributed by atoms with E-state index in [1.807, 2.05) is 30.4 Å². The van der Waals surface area contributed by atoms with Crippen LogP contribution >= 0.6 is 0 Å². The molecular formula is C23H27N9O. The molecule has 7 atom stereocenters. The second-order valence-electron chi connectivity index (χ2n) is 9.55. The number of fused-ring (bicyclic) bond motifs is 1. The highest BCUT2D eigenvalue weighted by Crippen LogP contribution is 2.44. The Morgan fingerprint density at radius 1 is 1.09 bits per heavy atom. The van der Waals surface area contributed by atoms with E-state index in [0.717, 1.165) is 42.9 Å². The van der Waals surface area contributed by atoms with E-state index in [0.29, 0.717) is 5.92 Å². The quantitative estimate of drug-likeness (QED) is 0.619. The van der Waals surface area contributed by atoms with E-state index in [2.05, 4.69) is 42.1 Å². The molecule has 2 saturated carbocycles. The minimum atomic E-state index is -0.604. The maximum Gasteiger partial charge on any atom is 0.230 e. The van der Waals surface area contributed by atoms with Crippen molar-refractivity contribution in [1.82, 2.24) is 41.0 Å². The molecule has 10 heteroatoms. The minimum Gasteiger partial charge on any atom is -0.340 e. The lowest BCUT2D eigenvalue weighted by Crippen LogP contribution is -2.68. The van der Waals surface area contributed by atoms with Crippen molar-refractivity contribution in [2.75, 3.05) is 0 Å². The van der Waals surface area contributed by atoms with E-state index < -0.39 is 12.0 Å². The Kier molecular flexibility index (Phi) is 5.05. The van der Waals surface area contributed by atoms with E-state index in [-0.39, 0.29) is 36.1 Å². The van der Waals surface area contributed by atoms with Crippen molar-refractivity contribution < 1.29 is 4.79 Å². The second-order valence-corrected chi connectivity index (χ2v) is 9.55. The van der Waals surface area contributed by atoms with Crippen molar-refractivity contribution in [2.45, 2.75) is 68.9 Å². The van der Waals surface area contributed by atoms with Gasteiger partial charge in [0.15, 0.2) is 0 Å². The molecule has 4 unspecified atom stereocenters. The van der Waals surface area contributed by atoms with Gasteiger partial charge in [0.05, 0.1) is 30.4 Å². The normalized spacial score (nSPS) is 34.6. The van der Waals surface area contributed by atoms with Crippen LogP contribution in [0.15, 0.2) is 30.9 Å². The molecule has 2 aromatic heterocycles. The third-order valence-corrected chi connectivity index (χ3v) is 7.58. The Hall–Kier alpha value is -3.00. The number of aromatic nitrogens is 4. The minimum absolute atomic E-state index is 0.0996. The molecule has 10 nitrogen and oxygen atoms in total. The average molecular weight is 446 g/mol. The average Bonchev–Trinajstić information content (AvgIpc) is 3.59. The van der Waals surface area contributed by atoms with Crippen molar-refractivity contribution in [3.8, 4) is 6.07 Å². The molecule has 33 heavy (non-hydrogen) atoms. The fraction of sp³-hybridized carbons (Fsp3) is 0.565. The van der Waals surface area contributed by atoms with Crippen LogP contribution in [0.25, 0.3) is 0 Å². The molecule has 0 spiro atoms. The summed E-state index contributed by atoms with van der Waals surface area (Å²) in [5.41, 5.74) is 4.22. The van der Waals surface area contributed by atoms with Gasteiger partial charge in [-0.05, 0) is 38.7 Å². The topological polar surface area (TPSA) is 132 Å². The summed E-state index contributed by atoms with van der Waals surface area (Å²) < 4.78 is 0. The predicted octanol–water partition coefficient (Wildman–Crippen LogP) is 1.10. The molecular weight excluding hydrogens is 418 g/mol. The number of carbonyl (C=O) groups is 1. The number of rotatable bonds is 5. The molecule has 170 valence electrons. The largest absolute Gasteiger partial charge is 0.340 e. The van der Waals surface area contributed by atoms with Crippen molar-refractivity contribution in [3.63, 3.8) is 0 Å². The summed E-state index contributed by atoms with van der Waals surface area (Å²) in [6, 6.07) is 3.36. The highest BCUT2D eigenvalue weighted by molar-refractivity contribution is 5.82. The van der Waals surface area contributed by atoms with Crippen LogP contribution in [0, 0.1) is 23.2 Å². The number of nitriles is 1. The SMILES string of the molecule is C[C@@H](c1cnc(C2CC2)nc1)N1NC(C#N)C2C(=O)NC([C@H]3CC[C@@H]3c3ncccn3)NC21. The summed E-state index contributed by atoms with van der Waals surface area (Å²) in [4.78, 5) is 31.1. The fourth-order valence-electron chi connectivity index (χ4n) is 5.35. The molecule has 6 rings (SSSR count). The third kappa shape index (κ3) is 3.57. The first-order chi connectivity index (χ1) is 16.1. The van der Waals surface area contributed by atoms with Gasteiger partial charge in [-0.2, -0.15) is 5.26 Å². The molecule has 0 aromatic carbocycles. The maximum absolute atomic E-state index is 13.1. The fourth-order valence-corrected chi connectivity index (χ4v) is 5.35. The number of hydrogen-bond acceptors (Lipinski definition) is 9. The summed E-state index contributed by atoms with van der Waals surface area (Å²) in [6.07, 6.45) is 11.1. The first-order valence-corrected chi connectivity index (χ1v) is 11.7. The predicted molar refractivity (Wildman–Crippen MR) is 117 cm³/mol. The van der Waals surface area contributed by atoms with Crippen LogP contribution < -0.4 is 16.1 Å². The highest BCUT2D eigenvalue weighted by Gasteiger charge is 2.54. The zero-order valence-corrected chi connectivity index (χ0v) is 18.4.